The molecule has 0 aliphatic heterocycles. The molecule has 0 saturated carbocycles. The number of hydrogen-bond donors (Lipinski definition) is 2. The summed E-state index contributed by atoms with van der Waals surface area (Å²) in [5.41, 5.74) is -0.138. The lowest BCUT2D eigenvalue weighted by molar-refractivity contribution is -0.144. The maximum absolute atomic E-state index is 13.8. The van der Waals surface area contributed by atoms with Crippen LogP contribution in [0, 0.1) is 5.82 Å². The van der Waals surface area contributed by atoms with Crippen LogP contribution >= 0.6 is 15.9 Å². The van der Waals surface area contributed by atoms with Crippen LogP contribution in [0.15, 0.2) is 40.9 Å². The van der Waals surface area contributed by atoms with E-state index in [1.807, 2.05) is 0 Å². The lowest BCUT2D eigenvalue weighted by atomic mass is 10.2. The van der Waals surface area contributed by atoms with Crippen LogP contribution in [0.25, 0.3) is 11.0 Å². The second-order valence-corrected chi connectivity index (χ2v) is 5.78. The molecule has 2 N–H and O–H groups in total. The fourth-order valence-corrected chi connectivity index (χ4v) is 2.46. The Hall–Kier alpha value is -2.42. The summed E-state index contributed by atoms with van der Waals surface area (Å²) in [5, 5.41) is 2.38. The van der Waals surface area contributed by atoms with Gasteiger partial charge in [-0.25, -0.2) is 9.37 Å². The topological polar surface area (TPSA) is 57.8 Å². The quantitative estimate of drug-likeness (QED) is 0.609. The van der Waals surface area contributed by atoms with Crippen molar-refractivity contribution in [3.63, 3.8) is 0 Å². The molecule has 0 radical (unpaired) electrons. The van der Waals surface area contributed by atoms with Crippen molar-refractivity contribution in [1.29, 1.82) is 0 Å². The standard InChI is InChI=1S/C15H8BrF4N3O/c16-7-4-5-8(9(17)6-7)13(24)21-10-2-1-3-11-12(10)23-14(22-11)15(18,19)20/h1-6H,(H,21,24)(H,22,23). The van der Waals surface area contributed by atoms with Gasteiger partial charge in [0.05, 0.1) is 16.8 Å². The smallest absolute Gasteiger partial charge is 0.334 e. The minimum absolute atomic E-state index is 0.0477. The van der Waals surface area contributed by atoms with Gasteiger partial charge in [0.2, 0.25) is 5.82 Å². The van der Waals surface area contributed by atoms with E-state index < -0.39 is 23.7 Å². The molecule has 3 rings (SSSR count). The van der Waals surface area contributed by atoms with E-state index in [0.29, 0.717) is 4.47 Å². The fraction of sp³-hybridized carbons (Fsp3) is 0.0667. The highest BCUT2D eigenvalue weighted by Gasteiger charge is 2.35. The molecule has 1 heterocycles. The number of halogens is 5. The first-order valence-electron chi connectivity index (χ1n) is 6.58. The molecule has 0 unspecified atom stereocenters. The number of carbonyl (C=O) groups is 1. The highest BCUT2D eigenvalue weighted by molar-refractivity contribution is 9.10. The fourth-order valence-electron chi connectivity index (χ4n) is 2.13. The third kappa shape index (κ3) is 3.12. The third-order valence-electron chi connectivity index (χ3n) is 3.21. The first-order chi connectivity index (χ1) is 11.3. The maximum Gasteiger partial charge on any atom is 0.449 e. The Morgan fingerprint density at radius 3 is 2.62 bits per heavy atom. The minimum atomic E-state index is -4.64. The molecule has 124 valence electrons. The van der Waals surface area contributed by atoms with Crippen molar-refractivity contribution in [2.24, 2.45) is 0 Å². The zero-order chi connectivity index (χ0) is 17.5. The molecule has 24 heavy (non-hydrogen) atoms. The predicted octanol–water partition coefficient (Wildman–Crippen LogP) is 4.74. The largest absolute Gasteiger partial charge is 0.449 e. The van der Waals surface area contributed by atoms with Gasteiger partial charge in [-0.2, -0.15) is 13.2 Å². The van der Waals surface area contributed by atoms with Crippen LogP contribution in [0.5, 0.6) is 0 Å². The minimum Gasteiger partial charge on any atom is -0.334 e. The molecule has 2 aromatic carbocycles. The number of nitrogens with zero attached hydrogens (tertiary/aromatic N) is 1. The molecule has 1 aromatic heterocycles. The van der Waals surface area contributed by atoms with Gasteiger partial charge in [0.15, 0.2) is 0 Å². The van der Waals surface area contributed by atoms with Crippen molar-refractivity contribution in [2.75, 3.05) is 5.32 Å². The molecule has 3 aromatic rings. The number of anilines is 1. The Morgan fingerprint density at radius 1 is 1.21 bits per heavy atom. The molecule has 0 spiro atoms. The molecule has 0 saturated heterocycles. The number of fused-ring (bicyclic) bond motifs is 1. The Bertz CT molecular complexity index is 936. The number of amides is 1. The number of hydrogen-bond acceptors (Lipinski definition) is 2. The van der Waals surface area contributed by atoms with Crippen molar-refractivity contribution in [2.45, 2.75) is 6.18 Å². The van der Waals surface area contributed by atoms with Crippen LogP contribution in [-0.4, -0.2) is 15.9 Å². The number of rotatable bonds is 2. The van der Waals surface area contributed by atoms with Crippen molar-refractivity contribution in [3.05, 3.63) is 58.1 Å². The van der Waals surface area contributed by atoms with Gasteiger partial charge >= 0.3 is 6.18 Å². The molecule has 0 fully saturated rings. The number of aromatic amines is 1. The molecular weight excluding hydrogens is 394 g/mol. The van der Waals surface area contributed by atoms with Gasteiger partial charge in [-0.05, 0) is 30.3 Å². The van der Waals surface area contributed by atoms with Gasteiger partial charge in [0.1, 0.15) is 11.3 Å². The van der Waals surface area contributed by atoms with Crippen LogP contribution in [0.1, 0.15) is 16.2 Å². The summed E-state index contributed by atoms with van der Waals surface area (Å²) < 4.78 is 52.5. The van der Waals surface area contributed by atoms with Crippen LogP contribution in [0.3, 0.4) is 0 Å². The number of nitrogens with one attached hydrogen (secondary N) is 2. The summed E-state index contributed by atoms with van der Waals surface area (Å²) in [7, 11) is 0. The van der Waals surface area contributed by atoms with E-state index >= 15 is 0 Å². The average Bonchev–Trinajstić information content (AvgIpc) is 2.92. The second kappa shape index (κ2) is 5.90. The molecule has 4 nitrogen and oxygen atoms in total. The van der Waals surface area contributed by atoms with Gasteiger partial charge in [-0.3, -0.25) is 4.79 Å². The van der Waals surface area contributed by atoms with E-state index in [-0.39, 0.29) is 22.3 Å². The van der Waals surface area contributed by atoms with E-state index in [0.717, 1.165) is 6.07 Å². The summed E-state index contributed by atoms with van der Waals surface area (Å²) in [6, 6.07) is 8.10. The van der Waals surface area contributed by atoms with E-state index in [1.165, 1.54) is 30.3 Å². The second-order valence-electron chi connectivity index (χ2n) is 4.86. The number of carbonyl (C=O) groups excluding carboxylic acids is 1. The summed E-state index contributed by atoms with van der Waals surface area (Å²) in [4.78, 5) is 17.8. The summed E-state index contributed by atoms with van der Waals surface area (Å²) in [6.07, 6.45) is -4.64. The van der Waals surface area contributed by atoms with Gasteiger partial charge in [-0.1, -0.05) is 22.0 Å². The molecule has 0 bridgehead atoms. The molecule has 9 heteroatoms. The van der Waals surface area contributed by atoms with E-state index in [1.54, 1.807) is 0 Å². The molecular formula is C15H8BrF4N3O. The zero-order valence-corrected chi connectivity index (χ0v) is 13.3. The van der Waals surface area contributed by atoms with Gasteiger partial charge in [-0.15, -0.1) is 0 Å². The lowest BCUT2D eigenvalue weighted by Crippen LogP contribution is -2.14. The van der Waals surface area contributed by atoms with E-state index in [2.05, 4.69) is 31.2 Å². The van der Waals surface area contributed by atoms with Gasteiger partial charge in [0.25, 0.3) is 5.91 Å². The number of alkyl halides is 3. The third-order valence-corrected chi connectivity index (χ3v) is 3.70. The van der Waals surface area contributed by atoms with Gasteiger partial charge in [0, 0.05) is 4.47 Å². The molecule has 0 atom stereocenters. The first kappa shape index (κ1) is 16.4. The molecule has 1 amide bonds. The Balaban J connectivity index is 1.98. The summed E-state index contributed by atoms with van der Waals surface area (Å²) >= 11 is 3.07. The number of benzene rings is 2. The summed E-state index contributed by atoms with van der Waals surface area (Å²) in [5.74, 6) is -2.72. The van der Waals surface area contributed by atoms with Crippen LogP contribution in [0.2, 0.25) is 0 Å². The number of aromatic nitrogens is 2. The average molecular weight is 402 g/mol. The summed E-state index contributed by atoms with van der Waals surface area (Å²) in [6.45, 7) is 0. The molecule has 0 aliphatic rings. The van der Waals surface area contributed by atoms with Crippen molar-refractivity contribution >= 4 is 38.6 Å². The van der Waals surface area contributed by atoms with Crippen LogP contribution in [-0.2, 0) is 6.18 Å². The Kier molecular flexibility index (Phi) is 4.04. The first-order valence-corrected chi connectivity index (χ1v) is 7.37. The predicted molar refractivity (Wildman–Crippen MR) is 83.1 cm³/mol. The van der Waals surface area contributed by atoms with Crippen molar-refractivity contribution in [1.82, 2.24) is 9.97 Å². The van der Waals surface area contributed by atoms with Crippen LogP contribution < -0.4 is 5.32 Å². The van der Waals surface area contributed by atoms with Crippen LogP contribution in [0.4, 0.5) is 23.2 Å². The van der Waals surface area contributed by atoms with E-state index in [4.69, 9.17) is 0 Å². The maximum atomic E-state index is 13.8. The van der Waals surface area contributed by atoms with Gasteiger partial charge < -0.3 is 10.3 Å². The highest BCUT2D eigenvalue weighted by Crippen LogP contribution is 2.31. The monoisotopic (exact) mass is 401 g/mol. The molecule has 0 aliphatic carbocycles. The zero-order valence-electron chi connectivity index (χ0n) is 11.7. The Labute approximate surface area is 141 Å². The van der Waals surface area contributed by atoms with E-state index in [9.17, 15) is 22.4 Å². The SMILES string of the molecule is O=C(Nc1cccc2[nH]c(C(F)(F)F)nc12)c1ccc(Br)cc1F. The normalized spacial score (nSPS) is 11.7. The highest BCUT2D eigenvalue weighted by atomic mass is 79.9. The van der Waals surface area contributed by atoms with Crippen molar-refractivity contribution in [3.8, 4) is 0 Å². The van der Waals surface area contributed by atoms with Crippen molar-refractivity contribution < 1.29 is 22.4 Å². The number of para-hydroxylation sites is 1. The number of H-pyrrole nitrogens is 1. The lowest BCUT2D eigenvalue weighted by Gasteiger charge is -2.07. The Morgan fingerprint density at radius 2 is 1.96 bits per heavy atom. The number of imidazole rings is 1.